The Kier molecular flexibility index (Phi) is 5.60. The minimum Gasteiger partial charge on any atom is -0.497 e. The summed E-state index contributed by atoms with van der Waals surface area (Å²) >= 11 is 0. The SMILES string of the molecule is COc1ccc(Cc2nc3ccccc3n2CC(=O)N2CCCCCC2)cc1. The number of rotatable bonds is 5. The average molecular weight is 377 g/mol. The molecule has 5 nitrogen and oxygen atoms in total. The molecule has 28 heavy (non-hydrogen) atoms. The lowest BCUT2D eigenvalue weighted by Gasteiger charge is -2.21. The van der Waals surface area contributed by atoms with Crippen molar-refractivity contribution in [2.75, 3.05) is 20.2 Å². The van der Waals surface area contributed by atoms with E-state index in [9.17, 15) is 4.79 Å². The van der Waals surface area contributed by atoms with Crippen molar-refractivity contribution < 1.29 is 9.53 Å². The average Bonchev–Trinajstić information content (AvgIpc) is 2.89. The number of imidazole rings is 1. The van der Waals surface area contributed by atoms with Crippen molar-refractivity contribution in [3.63, 3.8) is 0 Å². The predicted molar refractivity (Wildman–Crippen MR) is 111 cm³/mol. The first-order valence-corrected chi connectivity index (χ1v) is 10.1. The first-order chi connectivity index (χ1) is 13.7. The second-order valence-electron chi connectivity index (χ2n) is 7.42. The van der Waals surface area contributed by atoms with E-state index in [0.29, 0.717) is 13.0 Å². The van der Waals surface area contributed by atoms with Crippen LogP contribution in [0.3, 0.4) is 0 Å². The highest BCUT2D eigenvalue weighted by molar-refractivity contribution is 5.81. The normalized spacial score (nSPS) is 14.8. The van der Waals surface area contributed by atoms with Gasteiger partial charge in [0.15, 0.2) is 0 Å². The van der Waals surface area contributed by atoms with Gasteiger partial charge in [0.25, 0.3) is 0 Å². The van der Waals surface area contributed by atoms with Gasteiger partial charge in [-0.3, -0.25) is 4.79 Å². The molecule has 2 aromatic carbocycles. The minimum absolute atomic E-state index is 0.195. The van der Waals surface area contributed by atoms with E-state index in [1.165, 1.54) is 12.8 Å². The van der Waals surface area contributed by atoms with Crippen LogP contribution < -0.4 is 4.74 Å². The maximum Gasteiger partial charge on any atom is 0.242 e. The monoisotopic (exact) mass is 377 g/mol. The van der Waals surface area contributed by atoms with Gasteiger partial charge in [0.1, 0.15) is 18.1 Å². The molecule has 0 N–H and O–H groups in total. The fourth-order valence-corrected chi connectivity index (χ4v) is 3.92. The zero-order valence-electron chi connectivity index (χ0n) is 16.4. The Morgan fingerprint density at radius 2 is 1.71 bits per heavy atom. The Morgan fingerprint density at radius 1 is 1.00 bits per heavy atom. The lowest BCUT2D eigenvalue weighted by Crippen LogP contribution is -2.34. The molecule has 0 spiro atoms. The molecule has 4 rings (SSSR count). The Hall–Kier alpha value is -2.82. The molecule has 1 aliphatic heterocycles. The topological polar surface area (TPSA) is 47.4 Å². The van der Waals surface area contributed by atoms with E-state index in [1.807, 2.05) is 35.2 Å². The van der Waals surface area contributed by atoms with Crippen LogP contribution in [-0.4, -0.2) is 40.6 Å². The molecule has 3 aromatic rings. The number of nitrogens with zero attached hydrogens (tertiary/aromatic N) is 3. The molecule has 5 heteroatoms. The standard InChI is InChI=1S/C23H27N3O2/c1-28-19-12-10-18(11-13-19)16-22-24-20-8-4-5-9-21(20)26(22)17-23(27)25-14-6-2-3-7-15-25/h4-5,8-13H,2-3,6-7,14-17H2,1H3. The molecule has 146 valence electrons. The van der Waals surface area contributed by atoms with Gasteiger partial charge >= 0.3 is 0 Å². The number of carbonyl (C=O) groups excluding carboxylic acids is 1. The quantitative estimate of drug-likeness (QED) is 0.674. The highest BCUT2D eigenvalue weighted by Crippen LogP contribution is 2.21. The summed E-state index contributed by atoms with van der Waals surface area (Å²) in [5, 5.41) is 0. The molecule has 0 saturated carbocycles. The third kappa shape index (κ3) is 4.03. The number of ether oxygens (including phenoxy) is 1. The zero-order chi connectivity index (χ0) is 19.3. The van der Waals surface area contributed by atoms with E-state index in [4.69, 9.17) is 9.72 Å². The molecule has 1 aliphatic rings. The number of benzene rings is 2. The predicted octanol–water partition coefficient (Wildman–Crippen LogP) is 4.04. The fourth-order valence-electron chi connectivity index (χ4n) is 3.92. The summed E-state index contributed by atoms with van der Waals surface area (Å²) in [6, 6.07) is 16.1. The molecule has 1 aromatic heterocycles. The number of para-hydroxylation sites is 2. The van der Waals surface area contributed by atoms with Crippen LogP contribution >= 0.6 is 0 Å². The Balaban J connectivity index is 1.61. The van der Waals surface area contributed by atoms with Crippen LogP contribution in [0.1, 0.15) is 37.1 Å². The summed E-state index contributed by atoms with van der Waals surface area (Å²) in [7, 11) is 1.67. The molecule has 0 aliphatic carbocycles. The van der Waals surface area contributed by atoms with E-state index in [2.05, 4.69) is 22.8 Å². The number of hydrogen-bond donors (Lipinski definition) is 0. The molecule has 0 unspecified atom stereocenters. The fraction of sp³-hybridized carbons (Fsp3) is 0.391. The van der Waals surface area contributed by atoms with Crippen LogP contribution in [0.4, 0.5) is 0 Å². The van der Waals surface area contributed by atoms with Gasteiger partial charge in [-0.15, -0.1) is 0 Å². The maximum absolute atomic E-state index is 13.0. The van der Waals surface area contributed by atoms with Gasteiger partial charge in [-0.25, -0.2) is 4.98 Å². The minimum atomic E-state index is 0.195. The lowest BCUT2D eigenvalue weighted by atomic mass is 10.1. The van der Waals surface area contributed by atoms with Gasteiger partial charge in [0, 0.05) is 19.5 Å². The van der Waals surface area contributed by atoms with Crippen molar-refractivity contribution in [1.29, 1.82) is 0 Å². The second-order valence-corrected chi connectivity index (χ2v) is 7.42. The summed E-state index contributed by atoms with van der Waals surface area (Å²) in [6.45, 7) is 2.10. The summed E-state index contributed by atoms with van der Waals surface area (Å²) in [4.78, 5) is 19.9. The number of aromatic nitrogens is 2. The lowest BCUT2D eigenvalue weighted by molar-refractivity contribution is -0.131. The van der Waals surface area contributed by atoms with E-state index in [-0.39, 0.29) is 5.91 Å². The summed E-state index contributed by atoms with van der Waals surface area (Å²) in [5.74, 6) is 1.96. The van der Waals surface area contributed by atoms with E-state index >= 15 is 0 Å². The molecule has 0 atom stereocenters. The summed E-state index contributed by atoms with van der Waals surface area (Å²) in [6.07, 6.45) is 5.34. The zero-order valence-corrected chi connectivity index (χ0v) is 16.4. The van der Waals surface area contributed by atoms with Crippen LogP contribution in [0, 0.1) is 0 Å². The van der Waals surface area contributed by atoms with Crippen LogP contribution in [-0.2, 0) is 17.8 Å². The largest absolute Gasteiger partial charge is 0.497 e. The van der Waals surface area contributed by atoms with E-state index < -0.39 is 0 Å². The van der Waals surface area contributed by atoms with Crippen LogP contribution in [0.15, 0.2) is 48.5 Å². The second kappa shape index (κ2) is 8.46. The molecule has 0 bridgehead atoms. The molecule has 0 radical (unpaired) electrons. The van der Waals surface area contributed by atoms with Gasteiger partial charge in [0.05, 0.1) is 18.1 Å². The third-order valence-electron chi connectivity index (χ3n) is 5.51. The maximum atomic E-state index is 13.0. The Labute approximate surface area is 165 Å². The van der Waals surface area contributed by atoms with E-state index in [0.717, 1.165) is 54.1 Å². The molecule has 1 saturated heterocycles. The number of fused-ring (bicyclic) bond motifs is 1. The molecule has 1 amide bonds. The number of methoxy groups -OCH3 is 1. The Morgan fingerprint density at radius 3 is 2.43 bits per heavy atom. The number of carbonyl (C=O) groups is 1. The molecular weight excluding hydrogens is 350 g/mol. The van der Waals surface area contributed by atoms with Gasteiger partial charge < -0.3 is 14.2 Å². The highest BCUT2D eigenvalue weighted by atomic mass is 16.5. The van der Waals surface area contributed by atoms with Crippen molar-refractivity contribution in [1.82, 2.24) is 14.5 Å². The molecule has 1 fully saturated rings. The van der Waals surface area contributed by atoms with Crippen molar-refractivity contribution in [3.05, 3.63) is 59.9 Å². The number of amides is 1. The first kappa shape index (κ1) is 18.5. The van der Waals surface area contributed by atoms with Gasteiger partial charge in [0.2, 0.25) is 5.91 Å². The third-order valence-corrected chi connectivity index (χ3v) is 5.51. The van der Waals surface area contributed by atoms with Crippen molar-refractivity contribution in [2.24, 2.45) is 0 Å². The van der Waals surface area contributed by atoms with Crippen LogP contribution in [0.25, 0.3) is 11.0 Å². The van der Waals surface area contributed by atoms with Crippen molar-refractivity contribution in [3.8, 4) is 5.75 Å². The summed E-state index contributed by atoms with van der Waals surface area (Å²) in [5.41, 5.74) is 3.11. The van der Waals surface area contributed by atoms with E-state index in [1.54, 1.807) is 7.11 Å². The smallest absolute Gasteiger partial charge is 0.242 e. The van der Waals surface area contributed by atoms with Gasteiger partial charge in [-0.2, -0.15) is 0 Å². The van der Waals surface area contributed by atoms with Crippen molar-refractivity contribution >= 4 is 16.9 Å². The first-order valence-electron chi connectivity index (χ1n) is 10.1. The Bertz CT molecular complexity index is 938. The van der Waals surface area contributed by atoms with Crippen LogP contribution in [0.2, 0.25) is 0 Å². The van der Waals surface area contributed by atoms with Gasteiger partial charge in [-0.1, -0.05) is 37.1 Å². The van der Waals surface area contributed by atoms with Crippen molar-refractivity contribution in [2.45, 2.75) is 38.6 Å². The summed E-state index contributed by atoms with van der Waals surface area (Å²) < 4.78 is 7.34. The molecule has 2 heterocycles. The van der Waals surface area contributed by atoms with Gasteiger partial charge in [-0.05, 0) is 42.7 Å². The molecular formula is C23H27N3O2. The highest BCUT2D eigenvalue weighted by Gasteiger charge is 2.19. The number of hydrogen-bond acceptors (Lipinski definition) is 3. The number of likely N-dealkylation sites (tertiary alicyclic amines) is 1. The van der Waals surface area contributed by atoms with Crippen LogP contribution in [0.5, 0.6) is 5.75 Å².